The van der Waals surface area contributed by atoms with Gasteiger partial charge in [0.05, 0.1) is 0 Å². The first-order valence-corrected chi connectivity index (χ1v) is 7.64. The largest absolute Gasteiger partial charge is 0.354 e. The van der Waals surface area contributed by atoms with Crippen molar-refractivity contribution in [3.63, 3.8) is 0 Å². The van der Waals surface area contributed by atoms with Crippen LogP contribution in [-0.4, -0.2) is 57.4 Å². The van der Waals surface area contributed by atoms with Gasteiger partial charge in [-0.3, -0.25) is 4.90 Å². The normalized spacial score (nSPS) is 16.1. The molecule has 0 bridgehead atoms. The van der Waals surface area contributed by atoms with E-state index in [-0.39, 0.29) is 0 Å². The number of hydrogen-bond donors (Lipinski definition) is 0. The van der Waals surface area contributed by atoms with Crippen molar-refractivity contribution in [2.45, 2.75) is 0 Å². The molecule has 2 aromatic rings. The van der Waals surface area contributed by atoms with Gasteiger partial charge in [0.25, 0.3) is 0 Å². The van der Waals surface area contributed by atoms with Crippen molar-refractivity contribution in [3.05, 3.63) is 41.9 Å². The molecule has 3 heterocycles. The lowest BCUT2D eigenvalue weighted by Gasteiger charge is -2.35. The van der Waals surface area contributed by atoms with E-state index in [4.69, 9.17) is 0 Å². The summed E-state index contributed by atoms with van der Waals surface area (Å²) in [5.41, 5.74) is 0. The highest BCUT2D eigenvalue weighted by Gasteiger charge is 2.18. The molecule has 0 amide bonds. The predicted molar refractivity (Wildman–Crippen MR) is 85.9 cm³/mol. The van der Waals surface area contributed by atoms with Crippen molar-refractivity contribution < 1.29 is 0 Å². The molecule has 21 heavy (non-hydrogen) atoms. The molecule has 0 unspecified atom stereocenters. The number of hydrogen-bond acceptors (Lipinski definition) is 5. The highest BCUT2D eigenvalue weighted by atomic mass is 79.9. The number of rotatable bonds is 4. The topological polar surface area (TPSA) is 50.1 Å². The highest BCUT2D eigenvalue weighted by Crippen LogP contribution is 2.16. The van der Waals surface area contributed by atoms with Crippen molar-refractivity contribution in [2.75, 3.05) is 37.6 Å². The third-order valence-corrected chi connectivity index (χ3v) is 3.72. The fourth-order valence-corrected chi connectivity index (χ4v) is 2.77. The molecule has 0 atom stereocenters. The Morgan fingerprint density at radius 3 is 2.62 bits per heavy atom. The van der Waals surface area contributed by atoms with Crippen molar-refractivity contribution >= 4 is 21.7 Å². The van der Waals surface area contributed by atoms with Crippen LogP contribution in [0.1, 0.15) is 0 Å². The minimum Gasteiger partial charge on any atom is -0.354 e. The molecule has 0 spiro atoms. The van der Waals surface area contributed by atoms with Gasteiger partial charge in [-0.2, -0.15) is 5.10 Å². The summed E-state index contributed by atoms with van der Waals surface area (Å²) in [5, 5.41) is 4.20. The summed E-state index contributed by atoms with van der Waals surface area (Å²) in [5.74, 6) is 1.74. The number of halogens is 1. The molecule has 0 saturated carbocycles. The van der Waals surface area contributed by atoms with Gasteiger partial charge >= 0.3 is 0 Å². The lowest BCUT2D eigenvalue weighted by Crippen LogP contribution is -2.47. The standard InChI is InChI=1S/C14H17BrN6/c1-12(15)10-19-5-7-20(8-6-19)13-9-14(17-11-16-13)21-4-2-3-18-21/h2-4,9,11H,1,5-8,10H2. The second-order valence-corrected chi connectivity index (χ2v) is 6.09. The molecule has 0 radical (unpaired) electrons. The number of nitrogens with zero attached hydrogens (tertiary/aromatic N) is 6. The van der Waals surface area contributed by atoms with Gasteiger partial charge in [0.2, 0.25) is 0 Å². The summed E-state index contributed by atoms with van der Waals surface area (Å²) in [6.45, 7) is 8.72. The maximum absolute atomic E-state index is 4.39. The van der Waals surface area contributed by atoms with Gasteiger partial charge in [-0.05, 0) is 6.07 Å². The van der Waals surface area contributed by atoms with Crippen molar-refractivity contribution in [2.24, 2.45) is 0 Å². The smallest absolute Gasteiger partial charge is 0.158 e. The minimum atomic E-state index is 0.793. The third kappa shape index (κ3) is 3.48. The molecule has 6 nitrogen and oxygen atoms in total. The molecule has 2 aromatic heterocycles. The Morgan fingerprint density at radius 1 is 1.19 bits per heavy atom. The molecule has 7 heteroatoms. The van der Waals surface area contributed by atoms with E-state index >= 15 is 0 Å². The van der Waals surface area contributed by atoms with Crippen molar-refractivity contribution in [3.8, 4) is 5.82 Å². The van der Waals surface area contributed by atoms with Gasteiger partial charge in [0.1, 0.15) is 12.1 Å². The zero-order valence-corrected chi connectivity index (χ0v) is 13.3. The van der Waals surface area contributed by atoms with Crippen LogP contribution in [0.5, 0.6) is 0 Å². The average molecular weight is 349 g/mol. The lowest BCUT2D eigenvalue weighted by atomic mass is 10.3. The molecule has 0 aromatic carbocycles. The highest BCUT2D eigenvalue weighted by molar-refractivity contribution is 9.11. The Kier molecular flexibility index (Phi) is 4.31. The number of anilines is 1. The summed E-state index contributed by atoms with van der Waals surface area (Å²) in [7, 11) is 0. The Labute approximate surface area is 132 Å². The SMILES string of the molecule is C=C(Br)CN1CCN(c2cc(-n3cccn3)ncn2)CC1. The van der Waals surface area contributed by atoms with E-state index in [9.17, 15) is 0 Å². The van der Waals surface area contributed by atoms with Crippen molar-refractivity contribution in [1.29, 1.82) is 0 Å². The summed E-state index contributed by atoms with van der Waals surface area (Å²) >= 11 is 3.42. The van der Waals surface area contributed by atoms with Crippen LogP contribution in [0, 0.1) is 0 Å². The second-order valence-electron chi connectivity index (χ2n) is 4.97. The van der Waals surface area contributed by atoms with Crippen LogP contribution in [0.3, 0.4) is 0 Å². The zero-order valence-electron chi connectivity index (χ0n) is 11.7. The second kappa shape index (κ2) is 6.36. The minimum absolute atomic E-state index is 0.793. The van der Waals surface area contributed by atoms with Gasteiger partial charge in [0.15, 0.2) is 5.82 Å². The maximum atomic E-state index is 4.39. The van der Waals surface area contributed by atoms with Crippen LogP contribution in [0.15, 0.2) is 41.9 Å². The zero-order chi connectivity index (χ0) is 14.7. The quantitative estimate of drug-likeness (QED) is 0.841. The molecule has 0 N–H and O–H groups in total. The number of piperazine rings is 1. The molecular formula is C14H17BrN6. The first-order valence-electron chi connectivity index (χ1n) is 6.85. The Balaban J connectivity index is 1.68. The fraction of sp³-hybridized carbons (Fsp3) is 0.357. The Hall–Kier alpha value is -1.73. The van der Waals surface area contributed by atoms with Gasteiger partial charge in [0, 0.05) is 55.7 Å². The van der Waals surface area contributed by atoms with Crippen LogP contribution in [0.25, 0.3) is 5.82 Å². The monoisotopic (exact) mass is 348 g/mol. The summed E-state index contributed by atoms with van der Waals surface area (Å²) in [6.07, 6.45) is 5.22. The molecule has 1 fully saturated rings. The average Bonchev–Trinajstić information content (AvgIpc) is 3.02. The van der Waals surface area contributed by atoms with E-state index in [2.05, 4.69) is 47.4 Å². The Bertz CT molecular complexity index is 604. The van der Waals surface area contributed by atoms with Crippen LogP contribution in [-0.2, 0) is 0 Å². The van der Waals surface area contributed by atoms with Gasteiger partial charge in [-0.1, -0.05) is 22.5 Å². The van der Waals surface area contributed by atoms with Gasteiger partial charge in [-0.15, -0.1) is 0 Å². The van der Waals surface area contributed by atoms with E-state index in [0.717, 1.165) is 48.8 Å². The van der Waals surface area contributed by atoms with Crippen molar-refractivity contribution in [1.82, 2.24) is 24.6 Å². The maximum Gasteiger partial charge on any atom is 0.158 e. The van der Waals surface area contributed by atoms with E-state index in [1.165, 1.54) is 0 Å². The van der Waals surface area contributed by atoms with Gasteiger partial charge < -0.3 is 4.90 Å². The predicted octanol–water partition coefficient (Wildman–Crippen LogP) is 1.69. The Morgan fingerprint density at radius 2 is 1.95 bits per heavy atom. The van der Waals surface area contributed by atoms with Gasteiger partial charge in [-0.25, -0.2) is 14.6 Å². The molecule has 1 saturated heterocycles. The molecule has 3 rings (SSSR count). The van der Waals surface area contributed by atoms with E-state index < -0.39 is 0 Å². The molecular weight excluding hydrogens is 332 g/mol. The summed E-state index contributed by atoms with van der Waals surface area (Å²) in [4.78, 5) is 13.3. The third-order valence-electron chi connectivity index (χ3n) is 3.47. The molecule has 1 aliphatic rings. The first kappa shape index (κ1) is 14.2. The molecule has 1 aliphatic heterocycles. The van der Waals surface area contributed by atoms with Crippen LogP contribution >= 0.6 is 15.9 Å². The van der Waals surface area contributed by atoms with Crippen LogP contribution < -0.4 is 4.90 Å². The summed E-state index contributed by atoms with van der Waals surface area (Å²) in [6, 6.07) is 3.86. The summed E-state index contributed by atoms with van der Waals surface area (Å²) < 4.78 is 2.77. The van der Waals surface area contributed by atoms with Crippen LogP contribution in [0.4, 0.5) is 5.82 Å². The fourth-order valence-electron chi connectivity index (χ4n) is 2.42. The first-order chi connectivity index (χ1) is 10.2. The van der Waals surface area contributed by atoms with E-state index in [1.807, 2.05) is 18.3 Å². The number of aromatic nitrogens is 4. The molecule has 110 valence electrons. The molecule has 0 aliphatic carbocycles. The lowest BCUT2D eigenvalue weighted by molar-refractivity contribution is 0.282. The van der Waals surface area contributed by atoms with E-state index in [0.29, 0.717) is 0 Å². The van der Waals surface area contributed by atoms with Crippen LogP contribution in [0.2, 0.25) is 0 Å². The van der Waals surface area contributed by atoms with E-state index in [1.54, 1.807) is 17.2 Å².